The largest absolute Gasteiger partial charge is 0.462 e. The second-order valence-electron chi connectivity index (χ2n) is 22.0. The van der Waals surface area contributed by atoms with Gasteiger partial charge in [0.05, 0.1) is 0 Å². The van der Waals surface area contributed by atoms with Gasteiger partial charge >= 0.3 is 17.9 Å². The van der Waals surface area contributed by atoms with Crippen LogP contribution in [0, 0.1) is 0 Å². The molecule has 0 bridgehead atoms. The second-order valence-corrected chi connectivity index (χ2v) is 22.0. The molecule has 0 saturated carbocycles. The molecule has 1 unspecified atom stereocenters. The Labute approximate surface area is 494 Å². The van der Waals surface area contributed by atoms with Crippen molar-refractivity contribution in [2.24, 2.45) is 0 Å². The maximum atomic E-state index is 12.9. The van der Waals surface area contributed by atoms with Crippen LogP contribution in [0.15, 0.2) is 122 Å². The summed E-state index contributed by atoms with van der Waals surface area (Å²) in [5, 5.41) is 0. The summed E-state index contributed by atoms with van der Waals surface area (Å²) in [6, 6.07) is 0. The Morgan fingerprint density at radius 3 is 0.812 bits per heavy atom. The molecular formula is C74H124O6. The van der Waals surface area contributed by atoms with Crippen molar-refractivity contribution in [3.63, 3.8) is 0 Å². The summed E-state index contributed by atoms with van der Waals surface area (Å²) in [5.74, 6) is -0.905. The van der Waals surface area contributed by atoms with Crippen LogP contribution in [0.5, 0.6) is 0 Å². The Bertz CT molecular complexity index is 1650. The van der Waals surface area contributed by atoms with Gasteiger partial charge in [-0.25, -0.2) is 0 Å². The first-order valence-corrected chi connectivity index (χ1v) is 33.5. The van der Waals surface area contributed by atoms with Gasteiger partial charge in [-0.3, -0.25) is 14.4 Å². The topological polar surface area (TPSA) is 78.9 Å². The third-order valence-electron chi connectivity index (χ3n) is 14.2. The Balaban J connectivity index is 4.17. The van der Waals surface area contributed by atoms with Gasteiger partial charge in [0.15, 0.2) is 6.10 Å². The van der Waals surface area contributed by atoms with Crippen molar-refractivity contribution < 1.29 is 28.6 Å². The molecule has 6 nitrogen and oxygen atoms in total. The molecule has 0 N–H and O–H groups in total. The Morgan fingerprint density at radius 2 is 0.500 bits per heavy atom. The molecule has 0 fully saturated rings. The fraction of sp³-hybridized carbons (Fsp3) is 0.689. The minimum atomic E-state index is -0.790. The highest BCUT2D eigenvalue weighted by Gasteiger charge is 2.19. The Kier molecular flexibility index (Phi) is 63.8. The monoisotopic (exact) mass is 1110 g/mol. The zero-order valence-electron chi connectivity index (χ0n) is 52.3. The van der Waals surface area contributed by atoms with Gasteiger partial charge in [-0.1, -0.05) is 284 Å². The third-order valence-corrected chi connectivity index (χ3v) is 14.2. The molecule has 0 heterocycles. The van der Waals surface area contributed by atoms with Crippen molar-refractivity contribution in [2.75, 3.05) is 13.2 Å². The number of allylic oxidation sites excluding steroid dienone is 20. The third kappa shape index (κ3) is 64.6. The number of carbonyl (C=O) groups excluding carboxylic acids is 3. The molecule has 0 aromatic rings. The summed E-state index contributed by atoms with van der Waals surface area (Å²) in [5.41, 5.74) is 0. The highest BCUT2D eigenvalue weighted by atomic mass is 16.6. The molecule has 456 valence electrons. The fourth-order valence-corrected chi connectivity index (χ4v) is 9.14. The predicted octanol–water partition coefficient (Wildman–Crippen LogP) is 23.2. The van der Waals surface area contributed by atoms with Gasteiger partial charge in [-0.05, 0) is 128 Å². The van der Waals surface area contributed by atoms with E-state index >= 15 is 0 Å². The van der Waals surface area contributed by atoms with Crippen LogP contribution < -0.4 is 0 Å². The lowest BCUT2D eigenvalue weighted by Gasteiger charge is -2.18. The Morgan fingerprint density at radius 1 is 0.263 bits per heavy atom. The number of carbonyl (C=O) groups is 3. The molecule has 0 aliphatic rings. The van der Waals surface area contributed by atoms with Crippen LogP contribution in [0.4, 0.5) is 0 Å². The van der Waals surface area contributed by atoms with E-state index in [2.05, 4.69) is 142 Å². The fourth-order valence-electron chi connectivity index (χ4n) is 9.14. The van der Waals surface area contributed by atoms with E-state index in [-0.39, 0.29) is 31.1 Å². The first-order chi connectivity index (χ1) is 39.5. The van der Waals surface area contributed by atoms with Crippen molar-refractivity contribution in [1.82, 2.24) is 0 Å². The molecule has 6 heteroatoms. The van der Waals surface area contributed by atoms with E-state index in [1.165, 1.54) is 135 Å². The maximum Gasteiger partial charge on any atom is 0.306 e. The molecule has 0 amide bonds. The summed E-state index contributed by atoms with van der Waals surface area (Å²) in [6.45, 7) is 6.46. The van der Waals surface area contributed by atoms with E-state index in [0.29, 0.717) is 19.3 Å². The lowest BCUT2D eigenvalue weighted by atomic mass is 10.0. The molecule has 0 aliphatic heterocycles. The van der Waals surface area contributed by atoms with Gasteiger partial charge in [0, 0.05) is 19.3 Å². The van der Waals surface area contributed by atoms with Gasteiger partial charge in [0.2, 0.25) is 0 Å². The highest BCUT2D eigenvalue weighted by Crippen LogP contribution is 2.16. The van der Waals surface area contributed by atoms with Crippen molar-refractivity contribution in [3.05, 3.63) is 122 Å². The second kappa shape index (κ2) is 67.3. The molecule has 1 atom stereocenters. The SMILES string of the molecule is CC/C=C\C/C=C\C/C=C\C/C=C\C/C=C\C/C=C\C/C=C\CCCCCCCCCCCCCCCC(=O)OCC(COC(=O)CCCCCCC/C=C\CCCC)OC(=O)CCCCCCC/C=C\C/C=C\CCCCCC. The van der Waals surface area contributed by atoms with E-state index in [1.54, 1.807) is 0 Å². The number of ether oxygens (including phenoxy) is 3. The molecule has 0 aromatic heterocycles. The molecule has 0 spiro atoms. The number of unbranched alkanes of at least 4 members (excludes halogenated alkanes) is 29. The number of esters is 3. The first kappa shape index (κ1) is 75.8. The summed E-state index contributed by atoms with van der Waals surface area (Å²) < 4.78 is 16.9. The van der Waals surface area contributed by atoms with Crippen molar-refractivity contribution >= 4 is 17.9 Å². The molecule has 0 radical (unpaired) electrons. The predicted molar refractivity (Wildman–Crippen MR) is 348 cm³/mol. The van der Waals surface area contributed by atoms with Crippen LogP contribution in [-0.2, 0) is 28.6 Å². The van der Waals surface area contributed by atoms with Crippen molar-refractivity contribution in [2.45, 2.75) is 316 Å². The minimum absolute atomic E-state index is 0.0866. The average Bonchev–Trinajstić information content (AvgIpc) is 3.46. The Hall–Kier alpha value is -4.19. The van der Waals surface area contributed by atoms with Crippen LogP contribution in [0.1, 0.15) is 310 Å². The molecule has 0 aromatic carbocycles. The molecular weight excluding hydrogens is 985 g/mol. The average molecular weight is 1110 g/mol. The van der Waals surface area contributed by atoms with Gasteiger partial charge in [-0.15, -0.1) is 0 Å². The smallest absolute Gasteiger partial charge is 0.306 e. The summed E-state index contributed by atoms with van der Waals surface area (Å²) >= 11 is 0. The minimum Gasteiger partial charge on any atom is -0.462 e. The zero-order valence-corrected chi connectivity index (χ0v) is 52.3. The van der Waals surface area contributed by atoms with Crippen LogP contribution in [0.3, 0.4) is 0 Å². The standard InChI is InChI=1S/C74H124O6/c1-4-7-10-13-16-19-22-24-26-28-29-30-31-32-33-34-35-36-37-38-39-40-41-42-43-44-45-46-48-49-52-55-58-61-64-67-73(76)79-70-71(69-78-72(75)66-63-60-57-54-51-21-18-15-12-9-6-3)80-74(77)68-65-62-59-56-53-50-47-27-25-23-20-17-14-11-8-5-2/h7,10,15-16,18-20,23-24,26-27,29-30,32-33,35-36,38-39,47,71H,4-6,8-9,11-14,17,21-22,25,28,31,34,37,40-46,48-70H2,1-3H3/b10-7-,18-15-,19-16-,23-20-,26-24-,30-29-,33-32-,36-35-,39-38-,47-27-. The van der Waals surface area contributed by atoms with E-state index in [1.807, 2.05) is 0 Å². The van der Waals surface area contributed by atoms with Crippen LogP contribution in [-0.4, -0.2) is 37.2 Å². The summed E-state index contributed by atoms with van der Waals surface area (Å²) in [4.78, 5) is 38.2. The molecule has 0 saturated heterocycles. The van der Waals surface area contributed by atoms with Crippen LogP contribution in [0.2, 0.25) is 0 Å². The maximum absolute atomic E-state index is 12.9. The van der Waals surface area contributed by atoms with Crippen molar-refractivity contribution in [3.8, 4) is 0 Å². The number of rotatable bonds is 60. The molecule has 80 heavy (non-hydrogen) atoms. The van der Waals surface area contributed by atoms with E-state index in [0.717, 1.165) is 135 Å². The number of hydrogen-bond donors (Lipinski definition) is 0. The zero-order chi connectivity index (χ0) is 57.8. The van der Waals surface area contributed by atoms with Gasteiger partial charge in [-0.2, -0.15) is 0 Å². The highest BCUT2D eigenvalue weighted by molar-refractivity contribution is 5.71. The van der Waals surface area contributed by atoms with E-state index < -0.39 is 6.10 Å². The lowest BCUT2D eigenvalue weighted by Crippen LogP contribution is -2.30. The van der Waals surface area contributed by atoms with Crippen molar-refractivity contribution in [1.29, 1.82) is 0 Å². The van der Waals surface area contributed by atoms with E-state index in [4.69, 9.17) is 14.2 Å². The molecule has 0 aliphatic carbocycles. The summed E-state index contributed by atoms with van der Waals surface area (Å²) in [6.07, 6.45) is 93.7. The first-order valence-electron chi connectivity index (χ1n) is 33.5. The van der Waals surface area contributed by atoms with Gasteiger partial charge in [0.1, 0.15) is 13.2 Å². The van der Waals surface area contributed by atoms with Crippen LogP contribution >= 0.6 is 0 Å². The van der Waals surface area contributed by atoms with E-state index in [9.17, 15) is 14.4 Å². The quantitative estimate of drug-likeness (QED) is 0.0261. The lowest BCUT2D eigenvalue weighted by molar-refractivity contribution is -0.167. The molecule has 0 rings (SSSR count). The van der Waals surface area contributed by atoms with Crippen LogP contribution in [0.25, 0.3) is 0 Å². The van der Waals surface area contributed by atoms with Gasteiger partial charge < -0.3 is 14.2 Å². The number of hydrogen-bond acceptors (Lipinski definition) is 6. The normalized spacial score (nSPS) is 12.9. The summed E-state index contributed by atoms with van der Waals surface area (Å²) in [7, 11) is 0. The van der Waals surface area contributed by atoms with Gasteiger partial charge in [0.25, 0.3) is 0 Å².